The quantitative estimate of drug-likeness (QED) is 0.251. The Kier molecular flexibility index (Phi) is 7.73. The van der Waals surface area contributed by atoms with Crippen molar-refractivity contribution in [2.24, 2.45) is 0 Å². The van der Waals surface area contributed by atoms with E-state index in [2.05, 4.69) is 21.2 Å². The highest BCUT2D eigenvalue weighted by molar-refractivity contribution is 5.96. The van der Waals surface area contributed by atoms with Gasteiger partial charge in [0.15, 0.2) is 0 Å². The number of hydrogen-bond donors (Lipinski definition) is 3. The van der Waals surface area contributed by atoms with Crippen LogP contribution in [0, 0.1) is 16.5 Å². The largest absolute Gasteiger partial charge is 0.566 e. The number of allylic oxidation sites excluding steroid dienone is 3. The summed E-state index contributed by atoms with van der Waals surface area (Å²) in [5.74, 6) is -1.24. The molecular formula is C27H26N4O5. The summed E-state index contributed by atoms with van der Waals surface area (Å²) in [5.41, 5.74) is 5.45. The van der Waals surface area contributed by atoms with Gasteiger partial charge in [-0.3, -0.25) is 4.98 Å². The minimum absolute atomic E-state index is 0.0184. The zero-order valence-corrected chi connectivity index (χ0v) is 19.9. The van der Waals surface area contributed by atoms with Gasteiger partial charge in [-0.25, -0.2) is 4.79 Å². The second kappa shape index (κ2) is 11.1. The van der Waals surface area contributed by atoms with E-state index in [0.717, 1.165) is 27.6 Å². The van der Waals surface area contributed by atoms with Crippen molar-refractivity contribution in [3.63, 3.8) is 0 Å². The van der Waals surface area contributed by atoms with Crippen molar-refractivity contribution in [1.29, 1.82) is 5.26 Å². The zero-order chi connectivity index (χ0) is 25.7. The molecule has 1 aromatic heterocycles. The monoisotopic (exact) mass is 486 g/mol. The molecule has 2 heterocycles. The Morgan fingerprint density at radius 3 is 2.64 bits per heavy atom. The first-order valence-corrected chi connectivity index (χ1v) is 11.5. The fraction of sp³-hybridized carbons (Fsp3) is 0.222. The first kappa shape index (κ1) is 25.0. The van der Waals surface area contributed by atoms with Crippen LogP contribution in [0.4, 0.5) is 0 Å². The number of carbonyl (C=O) groups excluding carboxylic acids is 1. The lowest BCUT2D eigenvalue weighted by Gasteiger charge is -2.29. The molecule has 4 rings (SSSR count). The summed E-state index contributed by atoms with van der Waals surface area (Å²) in [4.78, 5) is 22.4. The molecule has 3 N–H and O–H groups in total. The molecule has 3 aromatic rings. The van der Waals surface area contributed by atoms with Crippen molar-refractivity contribution >= 4 is 16.9 Å². The molecule has 1 unspecified atom stereocenters. The number of carbonyl (C=O) groups is 1. The van der Waals surface area contributed by atoms with Crippen molar-refractivity contribution in [2.45, 2.75) is 26.2 Å². The number of aromatic nitrogens is 1. The first-order valence-electron chi connectivity index (χ1n) is 11.5. The number of ether oxygens (including phenoxy) is 1. The van der Waals surface area contributed by atoms with E-state index in [-0.39, 0.29) is 19.6 Å². The minimum atomic E-state index is -1.38. The Hall–Kier alpha value is -4.07. The van der Waals surface area contributed by atoms with Crippen LogP contribution in [0.25, 0.3) is 22.0 Å². The van der Waals surface area contributed by atoms with Crippen LogP contribution in [0.2, 0.25) is 0 Å². The third kappa shape index (κ3) is 5.27. The summed E-state index contributed by atoms with van der Waals surface area (Å²) in [6.45, 7) is 3.48. The number of esters is 1. The topological polar surface area (TPSA) is 132 Å². The number of hydrogen-bond acceptors (Lipinski definition) is 8. The lowest BCUT2D eigenvalue weighted by atomic mass is 9.79. The number of nitriles is 1. The van der Waals surface area contributed by atoms with Crippen LogP contribution in [-0.4, -0.2) is 29.4 Å². The van der Waals surface area contributed by atoms with Crippen LogP contribution in [0.3, 0.4) is 0 Å². The third-order valence-corrected chi connectivity index (χ3v) is 6.03. The molecule has 0 bridgehead atoms. The molecule has 9 nitrogen and oxygen atoms in total. The normalized spacial score (nSPS) is 16.5. The van der Waals surface area contributed by atoms with Crippen LogP contribution >= 0.6 is 0 Å². The van der Waals surface area contributed by atoms with E-state index in [1.165, 1.54) is 0 Å². The lowest BCUT2D eigenvalue weighted by Crippen LogP contribution is -3.03. The molecule has 1 aliphatic heterocycles. The van der Waals surface area contributed by atoms with E-state index in [4.69, 9.17) is 9.94 Å². The van der Waals surface area contributed by atoms with Gasteiger partial charge in [-0.05, 0) is 37.1 Å². The van der Waals surface area contributed by atoms with E-state index in [1.807, 2.05) is 60.8 Å². The van der Waals surface area contributed by atoms with Crippen LogP contribution in [0.15, 0.2) is 83.3 Å². The van der Waals surface area contributed by atoms with Gasteiger partial charge in [-0.2, -0.15) is 15.3 Å². The zero-order valence-electron chi connectivity index (χ0n) is 19.9. The fourth-order valence-electron chi connectivity index (χ4n) is 4.40. The van der Waals surface area contributed by atoms with Gasteiger partial charge >= 0.3 is 5.97 Å². The highest BCUT2D eigenvalue weighted by Crippen LogP contribution is 2.41. The summed E-state index contributed by atoms with van der Waals surface area (Å²) < 4.78 is 5.46. The molecule has 2 atom stereocenters. The Morgan fingerprint density at radius 2 is 1.92 bits per heavy atom. The molecule has 0 fully saturated rings. The maximum atomic E-state index is 13.3. The summed E-state index contributed by atoms with van der Waals surface area (Å²) >= 11 is 0. The maximum absolute atomic E-state index is 13.3. The summed E-state index contributed by atoms with van der Waals surface area (Å²) in [6, 6.07) is 19.8. The van der Waals surface area contributed by atoms with Crippen molar-refractivity contribution in [1.82, 2.24) is 10.3 Å². The predicted octanol–water partition coefficient (Wildman–Crippen LogP) is 3.30. The fourth-order valence-corrected chi connectivity index (χ4v) is 4.40. The van der Waals surface area contributed by atoms with E-state index < -0.39 is 17.3 Å². The van der Waals surface area contributed by atoms with Gasteiger partial charge in [0.1, 0.15) is 6.61 Å². The van der Waals surface area contributed by atoms with Gasteiger partial charge in [0.25, 0.3) is 0 Å². The molecule has 0 saturated heterocycles. The Balaban J connectivity index is 1.75. The molecule has 9 heteroatoms. The van der Waals surface area contributed by atoms with Crippen LogP contribution in [-0.2, 0) is 14.4 Å². The molecule has 36 heavy (non-hydrogen) atoms. The number of rotatable bonds is 8. The molecule has 0 amide bonds. The average Bonchev–Trinajstić information content (AvgIpc) is 2.87. The Labute approximate surface area is 208 Å². The van der Waals surface area contributed by atoms with Crippen molar-refractivity contribution in [3.8, 4) is 17.2 Å². The first-order chi connectivity index (χ1) is 17.4. The van der Waals surface area contributed by atoms with E-state index in [0.29, 0.717) is 22.5 Å². The average molecular weight is 487 g/mol. The van der Waals surface area contributed by atoms with Crippen molar-refractivity contribution < 1.29 is 25.0 Å². The highest BCUT2D eigenvalue weighted by atomic mass is 17.1. The summed E-state index contributed by atoms with van der Waals surface area (Å²) in [6.07, 6.45) is 2.03. The molecule has 2 aromatic carbocycles. The number of dihydropyridines is 1. The molecule has 0 spiro atoms. The van der Waals surface area contributed by atoms with Gasteiger partial charge in [0.05, 0.1) is 35.3 Å². The Bertz CT molecular complexity index is 1380. The molecule has 0 aliphatic carbocycles. The van der Waals surface area contributed by atoms with Crippen molar-refractivity contribution in [2.75, 3.05) is 13.2 Å². The Morgan fingerprint density at radius 1 is 1.14 bits per heavy atom. The van der Waals surface area contributed by atoms with Crippen LogP contribution < -0.4 is 10.7 Å². The number of pyridine rings is 1. The van der Waals surface area contributed by atoms with E-state index in [1.54, 1.807) is 13.8 Å². The number of fused-ring (bicyclic) bond motifs is 1. The summed E-state index contributed by atoms with van der Waals surface area (Å²) in [5, 5.41) is 31.8. The molecule has 1 aliphatic rings. The number of quaternary nitrogens is 1. The van der Waals surface area contributed by atoms with Crippen molar-refractivity contribution in [3.05, 3.63) is 94.1 Å². The van der Waals surface area contributed by atoms with Gasteiger partial charge in [0.2, 0.25) is 0 Å². The smallest absolute Gasteiger partial charge is 0.336 e. The van der Waals surface area contributed by atoms with E-state index >= 15 is 0 Å². The van der Waals surface area contributed by atoms with Crippen LogP contribution in [0.1, 0.15) is 31.7 Å². The molecule has 184 valence electrons. The second-order valence-corrected chi connectivity index (χ2v) is 8.35. The highest BCUT2D eigenvalue weighted by Gasteiger charge is 2.35. The summed E-state index contributed by atoms with van der Waals surface area (Å²) in [7, 11) is 0. The molecule has 0 radical (unpaired) electrons. The standard InChI is InChI=1S/C27H26N4O5/c1-17-23(15-28)26(25(18(2)30-17)27(32)35-12-7-13-36-31(33)34)21-10-6-11-24-22(21)14-20(16-29-24)19-8-4-3-5-9-19/h3-6,8-11,14,16,26,30-31,33H,7,12-13H2,1-2H3/t26-/m1/s1. The van der Waals surface area contributed by atoms with Gasteiger partial charge in [-0.15, -0.1) is 0 Å². The van der Waals surface area contributed by atoms with Gasteiger partial charge in [-0.1, -0.05) is 47.9 Å². The van der Waals surface area contributed by atoms with Gasteiger partial charge < -0.3 is 15.3 Å². The minimum Gasteiger partial charge on any atom is -0.566 e. The SMILES string of the molecule is CC1=C(C#N)[C@@H](c2cccc3ncc(-c4ccccc4)cc23)C(C(=O)OCCCO[NH+]([O-])O)=C(C)N1. The third-order valence-electron chi connectivity index (χ3n) is 6.03. The lowest BCUT2D eigenvalue weighted by molar-refractivity contribution is -1.21. The van der Waals surface area contributed by atoms with Crippen LogP contribution in [0.5, 0.6) is 0 Å². The predicted molar refractivity (Wildman–Crippen MR) is 132 cm³/mol. The van der Waals surface area contributed by atoms with Gasteiger partial charge in [0, 0.05) is 35.0 Å². The number of benzene rings is 2. The maximum Gasteiger partial charge on any atom is 0.336 e. The molecular weight excluding hydrogens is 460 g/mol. The number of nitrogens with zero attached hydrogens (tertiary/aromatic N) is 2. The van der Waals surface area contributed by atoms with E-state index in [9.17, 15) is 15.3 Å². The second-order valence-electron chi connectivity index (χ2n) is 8.35. The molecule has 0 saturated carbocycles. The number of nitrogens with one attached hydrogen (secondary N) is 2.